The van der Waals surface area contributed by atoms with E-state index in [0.717, 1.165) is 11.5 Å². The number of carbonyl (C=O) groups excluding carboxylic acids is 1. The van der Waals surface area contributed by atoms with Crippen LogP contribution in [0.5, 0.6) is 5.75 Å². The van der Waals surface area contributed by atoms with E-state index in [0.29, 0.717) is 24.3 Å². The van der Waals surface area contributed by atoms with Gasteiger partial charge in [0.25, 0.3) is 5.91 Å². The fraction of sp³-hybridized carbons (Fsp3) is 0.176. The molecule has 1 amide bonds. The molecule has 7 nitrogen and oxygen atoms in total. The minimum atomic E-state index is -0.253. The van der Waals surface area contributed by atoms with E-state index in [4.69, 9.17) is 10.00 Å². The topological polar surface area (TPSA) is 92.3 Å². The van der Waals surface area contributed by atoms with E-state index in [-0.39, 0.29) is 12.5 Å². The molecule has 3 aromatic rings. The minimum Gasteiger partial charge on any atom is -0.482 e. The van der Waals surface area contributed by atoms with Crippen molar-refractivity contribution in [1.82, 2.24) is 19.9 Å². The van der Waals surface area contributed by atoms with Crippen LogP contribution in [0, 0.1) is 11.3 Å². The number of carbonyl (C=O) groups is 1. The molecule has 2 aromatic heterocycles. The molecule has 0 unspecified atom stereocenters. The van der Waals surface area contributed by atoms with Crippen LogP contribution in [-0.4, -0.2) is 33.7 Å². The highest BCUT2D eigenvalue weighted by molar-refractivity contribution is 5.77. The fourth-order valence-electron chi connectivity index (χ4n) is 2.25. The van der Waals surface area contributed by atoms with Crippen molar-refractivity contribution in [2.24, 2.45) is 0 Å². The van der Waals surface area contributed by atoms with Crippen LogP contribution in [0.1, 0.15) is 11.4 Å². The molecule has 0 aliphatic heterocycles. The first kappa shape index (κ1) is 15.5. The Labute approximate surface area is 138 Å². The summed E-state index contributed by atoms with van der Waals surface area (Å²) in [6, 6.07) is 14.5. The summed E-state index contributed by atoms with van der Waals surface area (Å²) in [5.74, 6) is 0.928. The van der Waals surface area contributed by atoms with Crippen LogP contribution < -0.4 is 10.1 Å². The van der Waals surface area contributed by atoms with E-state index in [1.54, 1.807) is 24.3 Å². The lowest BCUT2D eigenvalue weighted by Gasteiger charge is -2.08. The van der Waals surface area contributed by atoms with Crippen molar-refractivity contribution in [3.05, 3.63) is 60.0 Å². The first-order valence-corrected chi connectivity index (χ1v) is 7.45. The van der Waals surface area contributed by atoms with Crippen molar-refractivity contribution in [3.8, 4) is 11.8 Å². The molecule has 0 spiro atoms. The standard InChI is InChI=1S/C17H15N5O2/c18-11-13-5-1-2-6-14(13)24-12-17(23)19-9-8-16-21-20-15-7-3-4-10-22(15)16/h1-7,10H,8-9,12H2,(H,19,23). The zero-order valence-corrected chi connectivity index (χ0v) is 12.8. The average molecular weight is 321 g/mol. The van der Waals surface area contributed by atoms with Crippen molar-refractivity contribution in [1.29, 1.82) is 5.26 Å². The van der Waals surface area contributed by atoms with Gasteiger partial charge in [0.15, 0.2) is 12.3 Å². The van der Waals surface area contributed by atoms with Crippen LogP contribution in [-0.2, 0) is 11.2 Å². The van der Waals surface area contributed by atoms with Gasteiger partial charge in [0.05, 0.1) is 5.56 Å². The third-order valence-electron chi connectivity index (χ3n) is 3.42. The highest BCUT2D eigenvalue weighted by atomic mass is 16.5. The second-order valence-electron chi connectivity index (χ2n) is 5.04. The van der Waals surface area contributed by atoms with Gasteiger partial charge in [-0.25, -0.2) is 0 Å². The summed E-state index contributed by atoms with van der Waals surface area (Å²) in [5.41, 5.74) is 1.18. The maximum Gasteiger partial charge on any atom is 0.257 e. The van der Waals surface area contributed by atoms with Crippen LogP contribution in [0.3, 0.4) is 0 Å². The number of rotatable bonds is 6. The summed E-state index contributed by atoms with van der Waals surface area (Å²) in [6.07, 6.45) is 2.44. The maximum absolute atomic E-state index is 11.8. The smallest absolute Gasteiger partial charge is 0.257 e. The minimum absolute atomic E-state index is 0.140. The number of para-hydroxylation sites is 1. The molecule has 1 N–H and O–H groups in total. The lowest BCUT2D eigenvalue weighted by molar-refractivity contribution is -0.123. The van der Waals surface area contributed by atoms with E-state index in [9.17, 15) is 4.79 Å². The zero-order valence-electron chi connectivity index (χ0n) is 12.8. The van der Waals surface area contributed by atoms with Gasteiger partial charge in [-0.1, -0.05) is 18.2 Å². The number of hydrogen-bond donors (Lipinski definition) is 1. The van der Waals surface area contributed by atoms with Gasteiger partial charge in [0.2, 0.25) is 0 Å². The summed E-state index contributed by atoms with van der Waals surface area (Å²) in [7, 11) is 0. The Morgan fingerprint density at radius 2 is 2.04 bits per heavy atom. The molecule has 3 rings (SSSR count). The summed E-state index contributed by atoms with van der Waals surface area (Å²) >= 11 is 0. The van der Waals surface area contributed by atoms with Gasteiger partial charge in [-0.05, 0) is 24.3 Å². The molecule has 1 aromatic carbocycles. The number of aromatic nitrogens is 3. The van der Waals surface area contributed by atoms with Crippen LogP contribution >= 0.6 is 0 Å². The van der Waals surface area contributed by atoms with Crippen LogP contribution in [0.4, 0.5) is 0 Å². The van der Waals surface area contributed by atoms with Crippen LogP contribution in [0.2, 0.25) is 0 Å². The van der Waals surface area contributed by atoms with Crippen molar-refractivity contribution >= 4 is 11.6 Å². The summed E-state index contributed by atoms with van der Waals surface area (Å²) in [6.45, 7) is 0.289. The molecule has 0 bridgehead atoms. The Hall–Kier alpha value is -3.40. The molecule has 0 aliphatic carbocycles. The van der Waals surface area contributed by atoms with Gasteiger partial charge >= 0.3 is 0 Å². The third kappa shape index (κ3) is 3.50. The van der Waals surface area contributed by atoms with Crippen molar-refractivity contribution in [3.63, 3.8) is 0 Å². The Bertz CT molecular complexity index is 897. The molecular formula is C17H15N5O2. The molecule has 24 heavy (non-hydrogen) atoms. The van der Waals surface area contributed by atoms with E-state index in [2.05, 4.69) is 15.5 Å². The number of pyridine rings is 1. The normalized spacial score (nSPS) is 10.3. The zero-order chi connectivity index (χ0) is 16.8. The SMILES string of the molecule is N#Cc1ccccc1OCC(=O)NCCc1nnc2ccccn12. The van der Waals surface area contributed by atoms with Crippen LogP contribution in [0.15, 0.2) is 48.7 Å². The molecule has 0 fully saturated rings. The van der Waals surface area contributed by atoms with Gasteiger partial charge in [0, 0.05) is 19.2 Å². The maximum atomic E-state index is 11.8. The number of ether oxygens (including phenoxy) is 1. The quantitative estimate of drug-likeness (QED) is 0.739. The molecule has 0 saturated carbocycles. The molecule has 0 atom stereocenters. The van der Waals surface area contributed by atoms with E-state index < -0.39 is 0 Å². The van der Waals surface area contributed by atoms with Crippen molar-refractivity contribution in [2.45, 2.75) is 6.42 Å². The third-order valence-corrected chi connectivity index (χ3v) is 3.42. The number of hydrogen-bond acceptors (Lipinski definition) is 5. The van der Waals surface area contributed by atoms with Gasteiger partial charge in [0.1, 0.15) is 17.6 Å². The average Bonchev–Trinajstić information content (AvgIpc) is 3.03. The monoisotopic (exact) mass is 321 g/mol. The molecule has 0 aliphatic rings. The van der Waals surface area contributed by atoms with Gasteiger partial charge in [-0.2, -0.15) is 5.26 Å². The van der Waals surface area contributed by atoms with E-state index in [1.165, 1.54) is 0 Å². The Morgan fingerprint density at radius 3 is 2.92 bits per heavy atom. The second-order valence-corrected chi connectivity index (χ2v) is 5.04. The highest BCUT2D eigenvalue weighted by Crippen LogP contribution is 2.16. The number of nitrogens with one attached hydrogen (secondary N) is 1. The van der Waals surface area contributed by atoms with Crippen LogP contribution in [0.25, 0.3) is 5.65 Å². The number of amides is 1. The molecule has 2 heterocycles. The molecule has 7 heteroatoms. The van der Waals surface area contributed by atoms with Gasteiger partial charge < -0.3 is 10.1 Å². The predicted octanol–water partition coefficient (Wildman–Crippen LogP) is 1.34. The number of nitrogens with zero attached hydrogens (tertiary/aromatic N) is 4. The Morgan fingerprint density at radius 1 is 1.21 bits per heavy atom. The Kier molecular flexibility index (Phi) is 4.68. The highest BCUT2D eigenvalue weighted by Gasteiger charge is 2.08. The van der Waals surface area contributed by atoms with E-state index in [1.807, 2.05) is 34.9 Å². The number of nitriles is 1. The van der Waals surface area contributed by atoms with E-state index >= 15 is 0 Å². The first-order valence-electron chi connectivity index (χ1n) is 7.45. The lowest BCUT2D eigenvalue weighted by Crippen LogP contribution is -2.31. The molecular weight excluding hydrogens is 306 g/mol. The predicted molar refractivity (Wildman–Crippen MR) is 86.4 cm³/mol. The molecule has 0 saturated heterocycles. The van der Waals surface area contributed by atoms with Gasteiger partial charge in [-0.3, -0.25) is 9.20 Å². The summed E-state index contributed by atoms with van der Waals surface area (Å²) in [4.78, 5) is 11.8. The number of fused-ring (bicyclic) bond motifs is 1. The van der Waals surface area contributed by atoms with Gasteiger partial charge in [-0.15, -0.1) is 10.2 Å². The number of benzene rings is 1. The Balaban J connectivity index is 1.49. The molecule has 0 radical (unpaired) electrons. The summed E-state index contributed by atoms with van der Waals surface area (Å²) < 4.78 is 7.26. The first-order chi connectivity index (χ1) is 11.8. The van der Waals surface area contributed by atoms with Crippen molar-refractivity contribution in [2.75, 3.05) is 13.2 Å². The molecule has 120 valence electrons. The second kappa shape index (κ2) is 7.24. The largest absolute Gasteiger partial charge is 0.482 e. The van der Waals surface area contributed by atoms with Crippen molar-refractivity contribution < 1.29 is 9.53 Å². The fourth-order valence-corrected chi connectivity index (χ4v) is 2.25. The lowest BCUT2D eigenvalue weighted by atomic mass is 10.2. The summed E-state index contributed by atoms with van der Waals surface area (Å²) in [5, 5.41) is 19.9.